The number of nitrogens with zero attached hydrogens (tertiary/aromatic N) is 2. The maximum Gasteiger partial charge on any atom is 0.274 e. The molecule has 0 fully saturated rings. The van der Waals surface area contributed by atoms with Gasteiger partial charge in [-0.2, -0.15) is 5.10 Å². The number of hydrogen-bond donors (Lipinski definition) is 1. The van der Waals surface area contributed by atoms with Gasteiger partial charge in [-0.3, -0.25) is 4.79 Å². The average molecular weight is 278 g/mol. The zero-order valence-electron chi connectivity index (χ0n) is 8.49. The Morgan fingerprint density at radius 1 is 1.38 bits per heavy atom. The maximum atomic E-state index is 11.8. The summed E-state index contributed by atoms with van der Waals surface area (Å²) in [5.41, 5.74) is 3.21. The van der Waals surface area contributed by atoms with Gasteiger partial charge in [-0.25, -0.2) is 4.52 Å². The second-order valence-electron chi connectivity index (χ2n) is 3.72. The summed E-state index contributed by atoms with van der Waals surface area (Å²) in [4.78, 5) is 14.6. The van der Waals surface area contributed by atoms with Crippen LogP contribution in [0, 0.1) is 6.92 Å². The van der Waals surface area contributed by atoms with Crippen molar-refractivity contribution in [1.29, 1.82) is 0 Å². The van der Waals surface area contributed by atoms with E-state index in [0.717, 1.165) is 21.1 Å². The lowest BCUT2D eigenvalue weighted by Gasteiger charge is -2.04. The molecule has 0 aliphatic carbocycles. The van der Waals surface area contributed by atoms with E-state index in [1.807, 2.05) is 19.1 Å². The number of H-pyrrole nitrogens is 1. The molecule has 0 amide bonds. The Hall–Kier alpha value is -1.62. The van der Waals surface area contributed by atoms with Gasteiger partial charge in [0.05, 0.1) is 17.2 Å². The number of rotatable bonds is 0. The summed E-state index contributed by atoms with van der Waals surface area (Å²) in [7, 11) is 0. The van der Waals surface area contributed by atoms with Crippen molar-refractivity contribution >= 4 is 32.5 Å². The highest BCUT2D eigenvalue weighted by Crippen LogP contribution is 2.23. The Morgan fingerprint density at radius 2 is 2.19 bits per heavy atom. The van der Waals surface area contributed by atoms with E-state index in [2.05, 4.69) is 26.0 Å². The van der Waals surface area contributed by atoms with Crippen LogP contribution in [-0.2, 0) is 0 Å². The van der Waals surface area contributed by atoms with Crippen molar-refractivity contribution in [2.45, 2.75) is 6.92 Å². The maximum absolute atomic E-state index is 11.8. The number of aryl methyl sites for hydroxylation is 1. The quantitative estimate of drug-likeness (QED) is 0.685. The van der Waals surface area contributed by atoms with E-state index in [1.54, 1.807) is 16.8 Å². The highest BCUT2D eigenvalue weighted by Gasteiger charge is 2.08. The smallest absolute Gasteiger partial charge is 0.274 e. The van der Waals surface area contributed by atoms with Crippen LogP contribution in [0.15, 0.2) is 33.7 Å². The van der Waals surface area contributed by atoms with Gasteiger partial charge in [0.25, 0.3) is 5.56 Å². The molecule has 0 atom stereocenters. The topological polar surface area (TPSA) is 50.2 Å². The third-order valence-corrected chi connectivity index (χ3v) is 3.18. The number of benzene rings is 1. The van der Waals surface area contributed by atoms with Gasteiger partial charge in [0, 0.05) is 4.47 Å². The fourth-order valence-electron chi connectivity index (χ4n) is 1.86. The summed E-state index contributed by atoms with van der Waals surface area (Å²) in [5.74, 6) is 0. The van der Waals surface area contributed by atoms with E-state index in [0.29, 0.717) is 5.52 Å². The number of hydrogen-bond acceptors (Lipinski definition) is 2. The molecule has 4 nitrogen and oxygen atoms in total. The summed E-state index contributed by atoms with van der Waals surface area (Å²) in [6.07, 6.45) is 1.63. The van der Waals surface area contributed by atoms with Crippen molar-refractivity contribution in [3.63, 3.8) is 0 Å². The molecule has 2 aromatic heterocycles. The van der Waals surface area contributed by atoms with Crippen LogP contribution in [0.3, 0.4) is 0 Å². The predicted octanol–water partition coefficient (Wildman–Crippen LogP) is 2.25. The van der Waals surface area contributed by atoms with Gasteiger partial charge in [-0.1, -0.05) is 0 Å². The van der Waals surface area contributed by atoms with Crippen molar-refractivity contribution < 1.29 is 0 Å². The van der Waals surface area contributed by atoms with Gasteiger partial charge in [-0.15, -0.1) is 0 Å². The minimum atomic E-state index is -0.130. The number of aromatic amines is 1. The van der Waals surface area contributed by atoms with Gasteiger partial charge in [0.1, 0.15) is 5.52 Å². The van der Waals surface area contributed by atoms with Gasteiger partial charge >= 0.3 is 0 Å². The molecular weight excluding hydrogens is 270 g/mol. The highest BCUT2D eigenvalue weighted by atomic mass is 79.9. The first-order valence-corrected chi connectivity index (χ1v) is 5.62. The van der Waals surface area contributed by atoms with Crippen LogP contribution in [0.2, 0.25) is 0 Å². The summed E-state index contributed by atoms with van der Waals surface area (Å²) < 4.78 is 2.53. The molecule has 80 valence electrons. The SMILES string of the molecule is Cc1cc(Br)c2[nH]c(=O)c3ccnn3c2c1. The Balaban J connectivity index is 2.69. The van der Waals surface area contributed by atoms with Crippen LogP contribution in [0.4, 0.5) is 0 Å². The Labute approximate surface area is 99.0 Å². The molecule has 3 rings (SSSR count). The number of aromatic nitrogens is 3. The first-order valence-electron chi connectivity index (χ1n) is 4.83. The van der Waals surface area contributed by atoms with Crippen molar-refractivity contribution in [2.75, 3.05) is 0 Å². The molecule has 2 heterocycles. The number of nitrogens with one attached hydrogen (secondary N) is 1. The van der Waals surface area contributed by atoms with Crippen LogP contribution in [0.5, 0.6) is 0 Å². The molecule has 0 unspecified atom stereocenters. The molecule has 0 aliphatic rings. The van der Waals surface area contributed by atoms with Crippen molar-refractivity contribution in [2.24, 2.45) is 0 Å². The van der Waals surface area contributed by atoms with Gasteiger partial charge in [-0.05, 0) is 46.6 Å². The molecule has 0 saturated heterocycles. The van der Waals surface area contributed by atoms with E-state index in [4.69, 9.17) is 0 Å². The van der Waals surface area contributed by atoms with Gasteiger partial charge in [0.2, 0.25) is 0 Å². The number of halogens is 1. The third-order valence-electron chi connectivity index (χ3n) is 2.56. The first-order chi connectivity index (χ1) is 7.66. The van der Waals surface area contributed by atoms with Crippen LogP contribution < -0.4 is 5.56 Å². The van der Waals surface area contributed by atoms with Crippen LogP contribution >= 0.6 is 15.9 Å². The lowest BCUT2D eigenvalue weighted by atomic mass is 10.2. The van der Waals surface area contributed by atoms with E-state index in [1.165, 1.54) is 0 Å². The fourth-order valence-corrected chi connectivity index (χ4v) is 2.52. The minimum absolute atomic E-state index is 0.130. The summed E-state index contributed by atoms with van der Waals surface area (Å²) in [6, 6.07) is 5.66. The van der Waals surface area contributed by atoms with Crippen LogP contribution in [-0.4, -0.2) is 14.6 Å². The van der Waals surface area contributed by atoms with Gasteiger partial charge in [0.15, 0.2) is 0 Å². The molecule has 0 aliphatic heterocycles. The molecule has 1 N–H and O–H groups in total. The van der Waals surface area contributed by atoms with Gasteiger partial charge < -0.3 is 4.98 Å². The zero-order chi connectivity index (χ0) is 11.3. The molecule has 5 heteroatoms. The van der Waals surface area contributed by atoms with E-state index in [9.17, 15) is 4.79 Å². The first kappa shape index (κ1) is 9.59. The molecule has 1 aromatic carbocycles. The standard InChI is InChI=1S/C11H8BrN3O/c1-6-4-7(12)10-9(5-6)15-8(2-3-13-15)11(16)14-10/h2-5H,1H3,(H,14,16). The molecule has 0 radical (unpaired) electrons. The molecule has 0 bridgehead atoms. The average Bonchev–Trinajstić information content (AvgIpc) is 2.69. The van der Waals surface area contributed by atoms with Crippen molar-refractivity contribution in [3.8, 4) is 0 Å². The molecule has 0 spiro atoms. The van der Waals surface area contributed by atoms with Crippen molar-refractivity contribution in [1.82, 2.24) is 14.6 Å². The lowest BCUT2D eigenvalue weighted by Crippen LogP contribution is -2.10. The van der Waals surface area contributed by atoms with E-state index < -0.39 is 0 Å². The second-order valence-corrected chi connectivity index (χ2v) is 4.58. The predicted molar refractivity (Wildman–Crippen MR) is 65.8 cm³/mol. The monoisotopic (exact) mass is 277 g/mol. The van der Waals surface area contributed by atoms with Crippen molar-refractivity contribution in [3.05, 3.63) is 44.8 Å². The Bertz CT molecular complexity index is 757. The molecule has 0 saturated carbocycles. The Kier molecular flexibility index (Phi) is 1.91. The summed E-state index contributed by atoms with van der Waals surface area (Å²) >= 11 is 3.44. The largest absolute Gasteiger partial charge is 0.318 e. The van der Waals surface area contributed by atoms with E-state index >= 15 is 0 Å². The molecule has 3 aromatic rings. The summed E-state index contributed by atoms with van der Waals surface area (Å²) in [5, 5.41) is 4.17. The minimum Gasteiger partial charge on any atom is -0.318 e. The fraction of sp³-hybridized carbons (Fsp3) is 0.0909. The Morgan fingerprint density at radius 3 is 3.00 bits per heavy atom. The van der Waals surface area contributed by atoms with Crippen LogP contribution in [0.1, 0.15) is 5.56 Å². The molecule has 16 heavy (non-hydrogen) atoms. The van der Waals surface area contributed by atoms with E-state index in [-0.39, 0.29) is 5.56 Å². The molecular formula is C11H8BrN3O. The highest BCUT2D eigenvalue weighted by molar-refractivity contribution is 9.10. The third kappa shape index (κ3) is 1.21. The number of fused-ring (bicyclic) bond motifs is 3. The van der Waals surface area contributed by atoms with Crippen LogP contribution in [0.25, 0.3) is 16.6 Å². The normalized spacial score (nSPS) is 11.4. The second kappa shape index (κ2) is 3.18. The zero-order valence-corrected chi connectivity index (χ0v) is 10.1. The summed E-state index contributed by atoms with van der Waals surface area (Å²) in [6.45, 7) is 2.00. The lowest BCUT2D eigenvalue weighted by molar-refractivity contribution is 0.985.